The van der Waals surface area contributed by atoms with Gasteiger partial charge in [0.25, 0.3) is 0 Å². The Labute approximate surface area is 170 Å². The molecule has 150 valence electrons. The highest BCUT2D eigenvalue weighted by Gasteiger charge is 2.38. The van der Waals surface area contributed by atoms with Crippen LogP contribution in [0.15, 0.2) is 16.7 Å². The van der Waals surface area contributed by atoms with Crippen LogP contribution in [0, 0.1) is 0 Å². The third-order valence-electron chi connectivity index (χ3n) is 4.97. The minimum atomic E-state index is -1.84. The predicted molar refractivity (Wildman–Crippen MR) is 118 cm³/mol. The standard InChI is InChI=1S/C18H34BrN3O2SSi/c1-13(11-18(6,7)25(20)23)15-10-16(19)21-22(15)12-14(2)24-26(8,9)17(3,4)5/h10-11,14H,12,20H2,1-9H3/b13-11+/t14-,25?/m0/s1. The first-order chi connectivity index (χ1) is 11.6. The quantitative estimate of drug-likeness (QED) is 0.586. The van der Waals surface area contributed by atoms with Crippen LogP contribution in [0.2, 0.25) is 18.1 Å². The van der Waals surface area contributed by atoms with Crippen LogP contribution in [0.3, 0.4) is 0 Å². The Hall–Kier alpha value is -0.283. The number of rotatable bonds is 7. The van der Waals surface area contributed by atoms with Crippen LogP contribution in [-0.2, 0) is 22.0 Å². The number of halogens is 1. The Morgan fingerprint density at radius 2 is 1.96 bits per heavy atom. The van der Waals surface area contributed by atoms with Crippen molar-refractivity contribution in [3.63, 3.8) is 0 Å². The van der Waals surface area contributed by atoms with E-state index in [1.54, 1.807) is 0 Å². The lowest BCUT2D eigenvalue weighted by Gasteiger charge is -2.38. The Morgan fingerprint density at radius 3 is 2.42 bits per heavy atom. The van der Waals surface area contributed by atoms with Crippen LogP contribution in [-0.4, -0.2) is 33.2 Å². The Kier molecular flexibility index (Phi) is 7.66. The second-order valence-corrected chi connectivity index (χ2v) is 16.2. The molecule has 0 saturated heterocycles. The van der Waals surface area contributed by atoms with Gasteiger partial charge in [0.1, 0.15) is 4.60 Å². The van der Waals surface area contributed by atoms with E-state index in [1.807, 2.05) is 37.6 Å². The van der Waals surface area contributed by atoms with Crippen LogP contribution < -0.4 is 5.14 Å². The molecule has 1 unspecified atom stereocenters. The highest BCUT2D eigenvalue weighted by Crippen LogP contribution is 2.37. The van der Waals surface area contributed by atoms with Crippen molar-refractivity contribution in [3.05, 3.63) is 22.4 Å². The molecule has 0 aliphatic rings. The summed E-state index contributed by atoms with van der Waals surface area (Å²) in [6, 6.07) is 1.97. The zero-order chi connectivity index (χ0) is 20.5. The van der Waals surface area contributed by atoms with Gasteiger partial charge in [-0.25, -0.2) is 4.21 Å². The summed E-state index contributed by atoms with van der Waals surface area (Å²) in [6.07, 6.45) is 1.99. The van der Waals surface area contributed by atoms with Crippen molar-refractivity contribution in [2.75, 3.05) is 0 Å². The summed E-state index contributed by atoms with van der Waals surface area (Å²) < 4.78 is 20.3. The lowest BCUT2D eigenvalue weighted by atomic mass is 10.1. The molecule has 1 aromatic rings. The van der Waals surface area contributed by atoms with E-state index in [0.29, 0.717) is 6.54 Å². The Balaban J connectivity index is 3.07. The fourth-order valence-corrected chi connectivity index (χ4v) is 4.59. The fourth-order valence-electron chi connectivity index (χ4n) is 2.46. The summed E-state index contributed by atoms with van der Waals surface area (Å²) in [5.74, 6) is 0. The average Bonchev–Trinajstić information content (AvgIpc) is 2.76. The smallest absolute Gasteiger partial charge is 0.192 e. The Morgan fingerprint density at radius 1 is 1.42 bits per heavy atom. The second-order valence-electron chi connectivity index (χ2n) is 8.95. The molecule has 0 radical (unpaired) electrons. The molecule has 2 atom stereocenters. The Bertz CT molecular complexity index is 693. The van der Waals surface area contributed by atoms with Gasteiger partial charge in [-0.15, -0.1) is 0 Å². The largest absolute Gasteiger partial charge is 0.412 e. The molecule has 0 spiro atoms. The average molecular weight is 465 g/mol. The minimum Gasteiger partial charge on any atom is -0.412 e. The van der Waals surface area contributed by atoms with Crippen molar-refractivity contribution < 1.29 is 8.63 Å². The normalized spacial score (nSPS) is 16.7. The maximum atomic E-state index is 11.7. The monoisotopic (exact) mass is 463 g/mol. The van der Waals surface area contributed by atoms with E-state index in [1.165, 1.54) is 0 Å². The summed E-state index contributed by atoms with van der Waals surface area (Å²) in [5.41, 5.74) is 1.97. The van der Waals surface area contributed by atoms with Gasteiger partial charge in [-0.2, -0.15) is 5.10 Å². The van der Waals surface area contributed by atoms with Gasteiger partial charge in [0.2, 0.25) is 0 Å². The molecule has 0 aromatic carbocycles. The van der Waals surface area contributed by atoms with Gasteiger partial charge >= 0.3 is 0 Å². The molecule has 26 heavy (non-hydrogen) atoms. The van der Waals surface area contributed by atoms with E-state index < -0.39 is 24.1 Å². The van der Waals surface area contributed by atoms with Crippen LogP contribution in [0.5, 0.6) is 0 Å². The maximum Gasteiger partial charge on any atom is 0.192 e. The van der Waals surface area contributed by atoms with Crippen molar-refractivity contribution >= 4 is 40.8 Å². The van der Waals surface area contributed by atoms with Crippen LogP contribution in [0.1, 0.15) is 54.2 Å². The molecule has 1 aromatic heterocycles. The summed E-state index contributed by atoms with van der Waals surface area (Å²) in [4.78, 5) is 0. The van der Waals surface area contributed by atoms with Crippen molar-refractivity contribution in [3.8, 4) is 0 Å². The topological polar surface area (TPSA) is 70.1 Å². The number of allylic oxidation sites excluding steroid dienone is 1. The molecule has 1 heterocycles. The highest BCUT2D eigenvalue weighted by atomic mass is 79.9. The number of nitrogens with zero attached hydrogens (tertiary/aromatic N) is 2. The van der Waals surface area contributed by atoms with Crippen LogP contribution in [0.25, 0.3) is 5.57 Å². The van der Waals surface area contributed by atoms with Gasteiger partial charge in [0.05, 0.1) is 34.1 Å². The van der Waals surface area contributed by atoms with Gasteiger partial charge in [0.15, 0.2) is 8.32 Å². The highest BCUT2D eigenvalue weighted by molar-refractivity contribution is 9.10. The van der Waals surface area contributed by atoms with Gasteiger partial charge in [0, 0.05) is 0 Å². The molecule has 5 nitrogen and oxygen atoms in total. The summed E-state index contributed by atoms with van der Waals surface area (Å²) in [7, 11) is -3.28. The second kappa shape index (κ2) is 8.39. The van der Waals surface area contributed by atoms with Gasteiger partial charge < -0.3 is 4.43 Å². The SMILES string of the molecule is C/C(=C\C(C)(C)S(N)=O)c1cc(Br)nn1C[C@H](C)O[Si](C)(C)C(C)(C)C. The van der Waals surface area contributed by atoms with E-state index in [2.05, 4.69) is 61.8 Å². The first-order valence-electron chi connectivity index (χ1n) is 8.84. The molecule has 1 rings (SSSR count). The number of aromatic nitrogens is 2. The maximum absolute atomic E-state index is 11.7. The first kappa shape index (κ1) is 23.8. The molecule has 8 heteroatoms. The molecule has 0 saturated carbocycles. The van der Waals surface area contributed by atoms with Crippen molar-refractivity contribution in [1.82, 2.24) is 9.78 Å². The van der Waals surface area contributed by atoms with E-state index in [0.717, 1.165) is 15.9 Å². The van der Waals surface area contributed by atoms with E-state index >= 15 is 0 Å². The molecule has 0 aliphatic carbocycles. The molecule has 0 aliphatic heterocycles. The summed E-state index contributed by atoms with van der Waals surface area (Å²) in [6.45, 7) is 19.7. The first-order valence-corrected chi connectivity index (χ1v) is 13.8. The zero-order valence-electron chi connectivity index (χ0n) is 17.5. The zero-order valence-corrected chi connectivity index (χ0v) is 20.9. The molecular weight excluding hydrogens is 430 g/mol. The van der Waals surface area contributed by atoms with Crippen molar-refractivity contribution in [2.45, 2.75) is 84.0 Å². The third-order valence-corrected chi connectivity index (χ3v) is 11.1. The van der Waals surface area contributed by atoms with E-state index in [-0.39, 0.29) is 11.1 Å². The predicted octanol–water partition coefficient (Wildman–Crippen LogP) is 4.86. The van der Waals surface area contributed by atoms with Crippen molar-refractivity contribution in [2.24, 2.45) is 5.14 Å². The van der Waals surface area contributed by atoms with Gasteiger partial charge in [-0.05, 0) is 73.4 Å². The number of nitrogens with two attached hydrogens (primary N) is 1. The molecule has 2 N–H and O–H groups in total. The lowest BCUT2D eigenvalue weighted by molar-refractivity contribution is 0.173. The van der Waals surface area contributed by atoms with Gasteiger partial charge in [-0.1, -0.05) is 26.8 Å². The summed E-state index contributed by atoms with van der Waals surface area (Å²) in [5, 5.41) is 10.3. The molecule has 0 fully saturated rings. The van der Waals surface area contributed by atoms with Crippen LogP contribution in [0.4, 0.5) is 0 Å². The molecular formula is C18H34BrN3O2SSi. The van der Waals surface area contributed by atoms with Gasteiger partial charge in [-0.3, -0.25) is 9.82 Å². The summed E-state index contributed by atoms with van der Waals surface area (Å²) >= 11 is 3.47. The van der Waals surface area contributed by atoms with Crippen molar-refractivity contribution in [1.29, 1.82) is 0 Å². The number of hydrogen-bond donors (Lipinski definition) is 1. The molecule has 0 amide bonds. The van der Waals surface area contributed by atoms with Crippen LogP contribution >= 0.6 is 15.9 Å². The third kappa shape index (κ3) is 6.12. The molecule has 0 bridgehead atoms. The lowest BCUT2D eigenvalue weighted by Crippen LogP contribution is -2.44. The number of hydrogen-bond acceptors (Lipinski definition) is 3. The fraction of sp³-hybridized carbons (Fsp3) is 0.722. The minimum absolute atomic E-state index is 0.0471. The van der Waals surface area contributed by atoms with E-state index in [4.69, 9.17) is 9.56 Å². The van der Waals surface area contributed by atoms with E-state index in [9.17, 15) is 4.21 Å².